The summed E-state index contributed by atoms with van der Waals surface area (Å²) in [7, 11) is 0. The first-order chi connectivity index (χ1) is 10.2. The number of nitrogens with one attached hydrogen (secondary N) is 2. The highest BCUT2D eigenvalue weighted by molar-refractivity contribution is 5.78. The van der Waals surface area contributed by atoms with Crippen molar-refractivity contribution in [1.82, 2.24) is 15.5 Å². The Kier molecular flexibility index (Phi) is 4.56. The third-order valence-electron chi connectivity index (χ3n) is 4.69. The molecule has 1 fully saturated rings. The fourth-order valence-corrected chi connectivity index (χ4v) is 3.45. The molecule has 4 heteroatoms. The Morgan fingerprint density at radius 2 is 2.29 bits per heavy atom. The third-order valence-corrected chi connectivity index (χ3v) is 4.69. The van der Waals surface area contributed by atoms with E-state index in [1.165, 1.54) is 11.1 Å². The zero-order valence-electron chi connectivity index (χ0n) is 12.8. The first-order valence-corrected chi connectivity index (χ1v) is 8.06. The van der Waals surface area contributed by atoms with Crippen molar-refractivity contribution in [3.05, 3.63) is 35.4 Å². The van der Waals surface area contributed by atoms with Gasteiger partial charge in [0.2, 0.25) is 5.91 Å². The molecular weight excluding hydrogens is 262 g/mol. The van der Waals surface area contributed by atoms with E-state index in [1.54, 1.807) is 0 Å². The lowest BCUT2D eigenvalue weighted by Crippen LogP contribution is -2.53. The molecule has 114 valence electrons. The van der Waals surface area contributed by atoms with Crippen molar-refractivity contribution >= 4 is 5.91 Å². The SMILES string of the molecule is C[C@@H]1CNCCN1CC(=O)NC1CCCc2ccccc21. The van der Waals surface area contributed by atoms with Gasteiger partial charge in [-0.3, -0.25) is 9.69 Å². The van der Waals surface area contributed by atoms with Crippen molar-refractivity contribution in [3.8, 4) is 0 Å². The van der Waals surface area contributed by atoms with E-state index in [4.69, 9.17) is 0 Å². The van der Waals surface area contributed by atoms with Gasteiger partial charge in [-0.2, -0.15) is 0 Å². The van der Waals surface area contributed by atoms with Crippen LogP contribution in [-0.2, 0) is 11.2 Å². The van der Waals surface area contributed by atoms with Gasteiger partial charge in [-0.25, -0.2) is 0 Å². The summed E-state index contributed by atoms with van der Waals surface area (Å²) < 4.78 is 0. The Labute approximate surface area is 126 Å². The van der Waals surface area contributed by atoms with Gasteiger partial charge in [-0.15, -0.1) is 0 Å². The van der Waals surface area contributed by atoms with Gasteiger partial charge in [0, 0.05) is 25.7 Å². The highest BCUT2D eigenvalue weighted by atomic mass is 16.2. The number of rotatable bonds is 3. The summed E-state index contributed by atoms with van der Waals surface area (Å²) in [5, 5.41) is 6.60. The van der Waals surface area contributed by atoms with E-state index < -0.39 is 0 Å². The summed E-state index contributed by atoms with van der Waals surface area (Å²) in [6.45, 7) is 5.59. The maximum atomic E-state index is 12.4. The Balaban J connectivity index is 1.60. The summed E-state index contributed by atoms with van der Waals surface area (Å²) in [4.78, 5) is 14.6. The summed E-state index contributed by atoms with van der Waals surface area (Å²) >= 11 is 0. The van der Waals surface area contributed by atoms with E-state index in [0.29, 0.717) is 12.6 Å². The number of nitrogens with zero attached hydrogens (tertiary/aromatic N) is 1. The molecule has 2 atom stereocenters. The molecule has 0 saturated carbocycles. The van der Waals surface area contributed by atoms with Crippen LogP contribution in [0.5, 0.6) is 0 Å². The molecule has 0 bridgehead atoms. The van der Waals surface area contributed by atoms with Crippen molar-refractivity contribution in [3.63, 3.8) is 0 Å². The van der Waals surface area contributed by atoms with Gasteiger partial charge in [-0.1, -0.05) is 24.3 Å². The predicted octanol–water partition coefficient (Wildman–Crippen LogP) is 1.47. The Morgan fingerprint density at radius 3 is 3.14 bits per heavy atom. The minimum absolute atomic E-state index is 0.158. The van der Waals surface area contributed by atoms with Gasteiger partial charge in [-0.05, 0) is 37.3 Å². The van der Waals surface area contributed by atoms with Gasteiger partial charge >= 0.3 is 0 Å². The fraction of sp³-hybridized carbons (Fsp3) is 0.588. The number of hydrogen-bond acceptors (Lipinski definition) is 3. The number of benzene rings is 1. The van der Waals surface area contributed by atoms with Crippen LogP contribution >= 0.6 is 0 Å². The van der Waals surface area contributed by atoms with E-state index in [9.17, 15) is 4.79 Å². The zero-order valence-corrected chi connectivity index (χ0v) is 12.8. The van der Waals surface area contributed by atoms with E-state index in [-0.39, 0.29) is 11.9 Å². The largest absolute Gasteiger partial charge is 0.348 e. The monoisotopic (exact) mass is 287 g/mol. The maximum Gasteiger partial charge on any atom is 0.234 e. The van der Waals surface area contributed by atoms with Gasteiger partial charge in [0.1, 0.15) is 0 Å². The standard InChI is InChI=1S/C17H25N3O/c1-13-11-18-9-10-20(13)12-17(21)19-16-8-4-6-14-5-2-3-7-15(14)16/h2-3,5,7,13,16,18H,4,6,8-12H2,1H3,(H,19,21)/t13-,16?/m1/s1. The Hall–Kier alpha value is -1.39. The van der Waals surface area contributed by atoms with Gasteiger partial charge in [0.05, 0.1) is 12.6 Å². The second kappa shape index (κ2) is 6.58. The summed E-state index contributed by atoms with van der Waals surface area (Å²) in [6.07, 6.45) is 3.35. The average Bonchev–Trinajstić information content (AvgIpc) is 2.50. The second-order valence-electron chi connectivity index (χ2n) is 6.23. The summed E-state index contributed by atoms with van der Waals surface area (Å²) in [5.41, 5.74) is 2.70. The number of amides is 1. The molecule has 4 nitrogen and oxygen atoms in total. The highest BCUT2D eigenvalue weighted by Crippen LogP contribution is 2.29. The van der Waals surface area contributed by atoms with Crippen LogP contribution in [0.25, 0.3) is 0 Å². The van der Waals surface area contributed by atoms with E-state index >= 15 is 0 Å². The van der Waals surface area contributed by atoms with Crippen LogP contribution in [0.3, 0.4) is 0 Å². The van der Waals surface area contributed by atoms with Crippen molar-refractivity contribution in [2.45, 2.75) is 38.3 Å². The molecule has 1 aromatic rings. The lowest BCUT2D eigenvalue weighted by atomic mass is 9.88. The van der Waals surface area contributed by atoms with Crippen LogP contribution in [0.4, 0.5) is 0 Å². The molecule has 21 heavy (non-hydrogen) atoms. The van der Waals surface area contributed by atoms with Crippen LogP contribution in [0, 0.1) is 0 Å². The normalized spacial score (nSPS) is 26.1. The zero-order chi connectivity index (χ0) is 14.7. The number of hydrogen-bond donors (Lipinski definition) is 2. The Morgan fingerprint density at radius 1 is 1.43 bits per heavy atom. The van der Waals surface area contributed by atoms with Crippen LogP contribution in [0.1, 0.15) is 36.9 Å². The molecule has 2 aliphatic rings. The molecule has 0 aromatic heterocycles. The van der Waals surface area contributed by atoms with Crippen LogP contribution in [0.15, 0.2) is 24.3 Å². The van der Waals surface area contributed by atoms with Gasteiger partial charge in [0.25, 0.3) is 0 Å². The molecule has 2 N–H and O–H groups in total. The molecule has 1 amide bonds. The lowest BCUT2D eigenvalue weighted by molar-refractivity contribution is -0.123. The quantitative estimate of drug-likeness (QED) is 0.885. The minimum Gasteiger partial charge on any atom is -0.348 e. The Bertz CT molecular complexity index is 503. The van der Waals surface area contributed by atoms with E-state index in [2.05, 4.69) is 46.7 Å². The lowest BCUT2D eigenvalue weighted by Gasteiger charge is -2.34. The molecule has 1 aliphatic carbocycles. The number of aryl methyl sites for hydroxylation is 1. The van der Waals surface area contributed by atoms with E-state index in [0.717, 1.165) is 38.9 Å². The van der Waals surface area contributed by atoms with Gasteiger partial charge < -0.3 is 10.6 Å². The highest BCUT2D eigenvalue weighted by Gasteiger charge is 2.24. The molecule has 0 spiro atoms. The van der Waals surface area contributed by atoms with Crippen molar-refractivity contribution < 1.29 is 4.79 Å². The number of carbonyl (C=O) groups excluding carboxylic acids is 1. The minimum atomic E-state index is 0.158. The molecule has 1 saturated heterocycles. The second-order valence-corrected chi connectivity index (χ2v) is 6.23. The van der Waals surface area contributed by atoms with Crippen molar-refractivity contribution in [2.24, 2.45) is 0 Å². The van der Waals surface area contributed by atoms with E-state index in [1.807, 2.05) is 0 Å². The predicted molar refractivity (Wildman–Crippen MR) is 84.2 cm³/mol. The molecule has 3 rings (SSSR count). The van der Waals surface area contributed by atoms with Gasteiger partial charge in [0.15, 0.2) is 0 Å². The third kappa shape index (κ3) is 3.44. The van der Waals surface area contributed by atoms with Crippen molar-refractivity contribution in [2.75, 3.05) is 26.2 Å². The molecule has 1 unspecified atom stereocenters. The topological polar surface area (TPSA) is 44.4 Å². The fourth-order valence-electron chi connectivity index (χ4n) is 3.45. The molecule has 1 heterocycles. The number of piperazine rings is 1. The first-order valence-electron chi connectivity index (χ1n) is 8.06. The van der Waals surface area contributed by atoms with Crippen LogP contribution in [0.2, 0.25) is 0 Å². The number of carbonyl (C=O) groups is 1. The van der Waals surface area contributed by atoms with Crippen LogP contribution < -0.4 is 10.6 Å². The first kappa shape index (κ1) is 14.5. The number of fused-ring (bicyclic) bond motifs is 1. The molecular formula is C17H25N3O. The summed E-state index contributed by atoms with van der Waals surface area (Å²) in [5.74, 6) is 0.158. The maximum absolute atomic E-state index is 12.4. The summed E-state index contributed by atoms with van der Waals surface area (Å²) in [6, 6.07) is 9.13. The van der Waals surface area contributed by atoms with Crippen molar-refractivity contribution in [1.29, 1.82) is 0 Å². The smallest absolute Gasteiger partial charge is 0.234 e. The molecule has 1 aliphatic heterocycles. The molecule has 1 aromatic carbocycles. The average molecular weight is 287 g/mol. The van der Waals surface area contributed by atoms with Crippen LogP contribution in [-0.4, -0.2) is 43.0 Å². The molecule has 0 radical (unpaired) electrons.